The topological polar surface area (TPSA) is 30.7 Å². The van der Waals surface area contributed by atoms with Gasteiger partial charge in [0.05, 0.1) is 21.2 Å². The van der Waals surface area contributed by atoms with Crippen molar-refractivity contribution in [2.75, 3.05) is 21.2 Å². The van der Waals surface area contributed by atoms with E-state index in [1.165, 1.54) is 17.6 Å². The fraction of sp³-hybridized carbons (Fsp3) is 0.350. The third-order valence-corrected chi connectivity index (χ3v) is 5.10. The zero-order valence-corrected chi connectivity index (χ0v) is 15.1. The molecule has 1 aliphatic rings. The molecule has 2 aromatic rings. The van der Waals surface area contributed by atoms with Crippen molar-refractivity contribution < 1.29 is 26.8 Å². The third-order valence-electron chi connectivity index (χ3n) is 5.10. The van der Waals surface area contributed by atoms with Crippen LogP contribution in [0.1, 0.15) is 35.6 Å². The van der Waals surface area contributed by atoms with Crippen molar-refractivity contribution in [3.63, 3.8) is 0 Å². The summed E-state index contributed by atoms with van der Waals surface area (Å²) in [6.07, 6.45) is 1.74. The molecule has 2 aromatic carbocycles. The average molecular weight is 346 g/mol. The van der Waals surface area contributed by atoms with Crippen molar-refractivity contribution in [1.29, 1.82) is 0 Å². The standard InChI is InChI=1S/C20H23NO2.ClH/c1-21(2)18-13-14-20(19(22)23-3,15-9-5-4-6-10-15)17-12-8-7-11-16(17)18;/h4-12,18H,13-14H2,1-3H3;1H/t18-,20-;/m1./s1. The molecule has 0 saturated carbocycles. The first kappa shape index (κ1) is 18.5. The number of hydrogen-bond donors (Lipinski definition) is 1. The van der Waals surface area contributed by atoms with Crippen LogP contribution in [-0.4, -0.2) is 27.2 Å². The minimum Gasteiger partial charge on any atom is -1.00 e. The Hall–Kier alpha value is -1.84. The van der Waals surface area contributed by atoms with Crippen LogP contribution in [-0.2, 0) is 14.9 Å². The highest BCUT2D eigenvalue weighted by Crippen LogP contribution is 2.46. The normalized spacial score (nSPS) is 22.4. The maximum absolute atomic E-state index is 12.9. The molecule has 24 heavy (non-hydrogen) atoms. The summed E-state index contributed by atoms with van der Waals surface area (Å²) in [4.78, 5) is 14.3. The minimum atomic E-state index is -0.696. The molecule has 3 nitrogen and oxygen atoms in total. The first-order chi connectivity index (χ1) is 11.1. The van der Waals surface area contributed by atoms with Crippen LogP contribution in [0.25, 0.3) is 0 Å². The molecule has 1 aliphatic carbocycles. The molecular formula is C20H24ClNO2. The number of nitrogens with one attached hydrogen (secondary N) is 1. The Labute approximate surface area is 150 Å². The second kappa shape index (κ2) is 7.37. The monoisotopic (exact) mass is 345 g/mol. The summed E-state index contributed by atoms with van der Waals surface area (Å²) in [5.74, 6) is -0.164. The number of methoxy groups -OCH3 is 1. The number of esters is 1. The summed E-state index contributed by atoms with van der Waals surface area (Å²) in [5.41, 5.74) is 2.67. The lowest BCUT2D eigenvalue weighted by Crippen LogP contribution is -3.06. The Kier molecular flexibility index (Phi) is 5.68. The van der Waals surface area contributed by atoms with E-state index >= 15 is 0 Å². The van der Waals surface area contributed by atoms with E-state index in [2.05, 4.69) is 32.3 Å². The smallest absolute Gasteiger partial charge is 0.320 e. The molecule has 0 aliphatic heterocycles. The minimum absolute atomic E-state index is 0. The van der Waals surface area contributed by atoms with Gasteiger partial charge < -0.3 is 22.0 Å². The van der Waals surface area contributed by atoms with Crippen LogP contribution in [0.2, 0.25) is 0 Å². The molecule has 0 aromatic heterocycles. The Bertz CT molecular complexity index is 702. The van der Waals surface area contributed by atoms with Gasteiger partial charge in [-0.15, -0.1) is 0 Å². The van der Waals surface area contributed by atoms with Gasteiger partial charge in [-0.2, -0.15) is 0 Å². The van der Waals surface area contributed by atoms with Crippen molar-refractivity contribution in [1.82, 2.24) is 0 Å². The number of fused-ring (bicyclic) bond motifs is 1. The number of quaternary nitrogens is 1. The van der Waals surface area contributed by atoms with E-state index in [1.807, 2.05) is 36.4 Å². The van der Waals surface area contributed by atoms with Gasteiger partial charge in [0.1, 0.15) is 11.5 Å². The van der Waals surface area contributed by atoms with E-state index in [-0.39, 0.29) is 18.4 Å². The highest BCUT2D eigenvalue weighted by molar-refractivity contribution is 5.88. The Morgan fingerprint density at radius 2 is 1.71 bits per heavy atom. The first-order valence-electron chi connectivity index (χ1n) is 8.14. The van der Waals surface area contributed by atoms with Crippen LogP contribution in [0.3, 0.4) is 0 Å². The highest BCUT2D eigenvalue weighted by atomic mass is 35.5. The van der Waals surface area contributed by atoms with Gasteiger partial charge in [-0.25, -0.2) is 0 Å². The van der Waals surface area contributed by atoms with Crippen LogP contribution in [0.15, 0.2) is 54.6 Å². The van der Waals surface area contributed by atoms with Gasteiger partial charge in [-0.05, 0) is 17.5 Å². The van der Waals surface area contributed by atoms with Gasteiger partial charge in [-0.1, -0.05) is 54.6 Å². The lowest BCUT2D eigenvalue weighted by Gasteiger charge is -2.40. The Morgan fingerprint density at radius 1 is 1.08 bits per heavy atom. The number of hydrogen-bond acceptors (Lipinski definition) is 2. The molecule has 3 rings (SSSR count). The van der Waals surface area contributed by atoms with Gasteiger partial charge in [0.2, 0.25) is 0 Å². The molecule has 0 unspecified atom stereocenters. The summed E-state index contributed by atoms with van der Waals surface area (Å²) >= 11 is 0. The quantitative estimate of drug-likeness (QED) is 0.733. The van der Waals surface area contributed by atoms with E-state index in [4.69, 9.17) is 4.74 Å². The van der Waals surface area contributed by atoms with Gasteiger partial charge in [0.15, 0.2) is 0 Å². The predicted molar refractivity (Wildman–Crippen MR) is 90.5 cm³/mol. The zero-order valence-electron chi connectivity index (χ0n) is 14.4. The average Bonchev–Trinajstić information content (AvgIpc) is 2.60. The lowest BCUT2D eigenvalue weighted by molar-refractivity contribution is -0.893. The second-order valence-electron chi connectivity index (χ2n) is 6.52. The number of ether oxygens (including phenoxy) is 1. The summed E-state index contributed by atoms with van der Waals surface area (Å²) in [5, 5.41) is 0. The Balaban J connectivity index is 0.00000208. The van der Waals surface area contributed by atoms with E-state index in [0.717, 1.165) is 24.0 Å². The van der Waals surface area contributed by atoms with Crippen LogP contribution in [0.5, 0.6) is 0 Å². The molecule has 0 bridgehead atoms. The van der Waals surface area contributed by atoms with Crippen LogP contribution >= 0.6 is 0 Å². The SMILES string of the molecule is COC(=O)[C@@]1(c2ccccc2)CC[C@@H]([NH+](C)C)c2ccccc21.[Cl-]. The lowest BCUT2D eigenvalue weighted by atomic mass is 9.64. The molecule has 0 radical (unpaired) electrons. The molecule has 0 amide bonds. The number of carbonyl (C=O) groups excluding carboxylic acids is 1. The fourth-order valence-corrected chi connectivity index (χ4v) is 3.97. The van der Waals surface area contributed by atoms with Gasteiger partial charge in [0, 0.05) is 12.0 Å². The molecule has 128 valence electrons. The zero-order chi connectivity index (χ0) is 16.4. The Morgan fingerprint density at radius 3 is 2.33 bits per heavy atom. The van der Waals surface area contributed by atoms with Crippen LogP contribution in [0, 0.1) is 0 Å². The number of carbonyl (C=O) groups is 1. The molecule has 2 atom stereocenters. The molecule has 0 fully saturated rings. The second-order valence-corrected chi connectivity index (χ2v) is 6.52. The summed E-state index contributed by atoms with van der Waals surface area (Å²) in [6.45, 7) is 0. The number of benzene rings is 2. The van der Waals surface area contributed by atoms with E-state index in [9.17, 15) is 4.79 Å². The van der Waals surface area contributed by atoms with Crippen molar-refractivity contribution in [2.45, 2.75) is 24.3 Å². The van der Waals surface area contributed by atoms with Crippen LogP contribution < -0.4 is 17.3 Å². The number of rotatable bonds is 3. The first-order valence-corrected chi connectivity index (χ1v) is 8.14. The summed E-state index contributed by atoms with van der Waals surface area (Å²) in [6, 6.07) is 18.8. The molecule has 0 heterocycles. The maximum Gasteiger partial charge on any atom is 0.320 e. The van der Waals surface area contributed by atoms with Crippen molar-refractivity contribution in [3.8, 4) is 0 Å². The summed E-state index contributed by atoms with van der Waals surface area (Å²) < 4.78 is 5.25. The summed E-state index contributed by atoms with van der Waals surface area (Å²) in [7, 11) is 5.84. The van der Waals surface area contributed by atoms with Crippen molar-refractivity contribution >= 4 is 5.97 Å². The van der Waals surface area contributed by atoms with Gasteiger partial charge >= 0.3 is 5.97 Å². The molecule has 0 saturated heterocycles. The molecular weight excluding hydrogens is 322 g/mol. The van der Waals surface area contributed by atoms with Crippen LogP contribution in [0.4, 0.5) is 0 Å². The van der Waals surface area contributed by atoms with E-state index in [1.54, 1.807) is 0 Å². The van der Waals surface area contributed by atoms with Crippen molar-refractivity contribution in [2.24, 2.45) is 0 Å². The van der Waals surface area contributed by atoms with E-state index in [0.29, 0.717) is 6.04 Å². The molecule has 0 spiro atoms. The number of halogens is 1. The molecule has 1 N–H and O–H groups in total. The van der Waals surface area contributed by atoms with E-state index < -0.39 is 5.41 Å². The van der Waals surface area contributed by atoms with Crippen molar-refractivity contribution in [3.05, 3.63) is 71.3 Å². The molecule has 4 heteroatoms. The largest absolute Gasteiger partial charge is 1.00 e. The van der Waals surface area contributed by atoms with Gasteiger partial charge in [-0.3, -0.25) is 4.79 Å². The highest BCUT2D eigenvalue weighted by Gasteiger charge is 2.49. The fourth-order valence-electron chi connectivity index (χ4n) is 3.97. The maximum atomic E-state index is 12.9. The third kappa shape index (κ3) is 2.83. The predicted octanol–water partition coefficient (Wildman–Crippen LogP) is -0.871. The van der Waals surface area contributed by atoms with Gasteiger partial charge in [0.25, 0.3) is 0 Å².